The third kappa shape index (κ3) is 2.71. The van der Waals surface area contributed by atoms with Crippen LogP contribution in [0.25, 0.3) is 5.65 Å². The topological polar surface area (TPSA) is 69.9 Å². The second-order valence-corrected chi connectivity index (χ2v) is 5.52. The van der Waals surface area contributed by atoms with Crippen molar-refractivity contribution in [3.05, 3.63) is 30.1 Å². The number of aromatic nitrogens is 2. The van der Waals surface area contributed by atoms with E-state index in [1.54, 1.807) is 16.7 Å². The van der Waals surface area contributed by atoms with Gasteiger partial charge in [-0.2, -0.15) is 0 Å². The van der Waals surface area contributed by atoms with Gasteiger partial charge in [0.05, 0.1) is 0 Å². The van der Waals surface area contributed by atoms with Gasteiger partial charge >= 0.3 is 5.97 Å². The van der Waals surface area contributed by atoms with Crippen molar-refractivity contribution in [3.63, 3.8) is 0 Å². The van der Waals surface area contributed by atoms with Crippen LogP contribution in [-0.2, 0) is 0 Å². The van der Waals surface area contributed by atoms with Crippen molar-refractivity contribution in [2.75, 3.05) is 25.0 Å². The quantitative estimate of drug-likeness (QED) is 0.879. The number of imidazole rings is 1. The number of carboxylic acid groups (broad SMARTS) is 1. The predicted molar refractivity (Wildman–Crippen MR) is 80.9 cm³/mol. The minimum Gasteiger partial charge on any atom is -0.476 e. The van der Waals surface area contributed by atoms with Crippen LogP contribution in [0, 0.1) is 0 Å². The highest BCUT2D eigenvalue weighted by atomic mass is 16.4. The first-order chi connectivity index (χ1) is 10.2. The molecule has 0 radical (unpaired) electrons. The van der Waals surface area contributed by atoms with Crippen LogP contribution in [0.15, 0.2) is 24.4 Å². The smallest absolute Gasteiger partial charge is 0.356 e. The lowest BCUT2D eigenvalue weighted by Gasteiger charge is -2.23. The summed E-state index contributed by atoms with van der Waals surface area (Å²) in [4.78, 5) is 18.3. The van der Waals surface area contributed by atoms with Gasteiger partial charge in [-0.05, 0) is 45.0 Å². The highest BCUT2D eigenvalue weighted by molar-refractivity contribution is 5.92. The average Bonchev–Trinajstić information content (AvgIpc) is 3.11. The van der Waals surface area contributed by atoms with Gasteiger partial charge in [0, 0.05) is 18.8 Å². The number of hydrogen-bond donors (Lipinski definition) is 2. The van der Waals surface area contributed by atoms with E-state index in [-0.39, 0.29) is 5.69 Å². The average molecular weight is 288 g/mol. The van der Waals surface area contributed by atoms with Gasteiger partial charge in [0.15, 0.2) is 11.5 Å². The Morgan fingerprint density at radius 1 is 1.43 bits per heavy atom. The van der Waals surface area contributed by atoms with Gasteiger partial charge in [-0.1, -0.05) is 6.07 Å². The molecule has 112 valence electrons. The minimum atomic E-state index is -0.968. The van der Waals surface area contributed by atoms with Gasteiger partial charge in [-0.3, -0.25) is 9.30 Å². The number of rotatable bonds is 5. The molecule has 0 saturated carbocycles. The van der Waals surface area contributed by atoms with Crippen molar-refractivity contribution in [2.45, 2.75) is 25.8 Å². The molecule has 1 unspecified atom stereocenters. The molecule has 0 bridgehead atoms. The van der Waals surface area contributed by atoms with E-state index in [2.05, 4.69) is 22.1 Å². The zero-order valence-electron chi connectivity index (χ0n) is 12.1. The van der Waals surface area contributed by atoms with Crippen molar-refractivity contribution >= 4 is 17.4 Å². The first-order valence-electron chi connectivity index (χ1n) is 7.35. The Balaban J connectivity index is 1.79. The molecule has 0 spiro atoms. The lowest BCUT2D eigenvalue weighted by atomic mass is 10.3. The summed E-state index contributed by atoms with van der Waals surface area (Å²) in [5.74, 6) is -0.523. The van der Waals surface area contributed by atoms with E-state index < -0.39 is 5.97 Å². The van der Waals surface area contributed by atoms with Crippen LogP contribution in [0.3, 0.4) is 0 Å². The van der Waals surface area contributed by atoms with Gasteiger partial charge in [0.1, 0.15) is 5.65 Å². The molecule has 0 amide bonds. The molecule has 3 heterocycles. The van der Waals surface area contributed by atoms with Crippen molar-refractivity contribution in [1.82, 2.24) is 14.3 Å². The SMILES string of the molecule is CC(CNc1nc2ccccn2c1C(=O)O)N1CCCC1. The van der Waals surface area contributed by atoms with Crippen LogP contribution in [0.5, 0.6) is 0 Å². The number of hydrogen-bond acceptors (Lipinski definition) is 4. The molecule has 1 aliphatic heterocycles. The maximum Gasteiger partial charge on any atom is 0.356 e. The van der Waals surface area contributed by atoms with Gasteiger partial charge in [-0.15, -0.1) is 0 Å². The molecule has 1 saturated heterocycles. The number of nitrogens with zero attached hydrogens (tertiary/aromatic N) is 3. The van der Waals surface area contributed by atoms with Crippen LogP contribution in [0.1, 0.15) is 30.3 Å². The molecule has 6 nitrogen and oxygen atoms in total. The normalized spacial score (nSPS) is 17.2. The van der Waals surface area contributed by atoms with E-state index in [0.29, 0.717) is 24.1 Å². The molecule has 3 rings (SSSR count). The Kier molecular flexibility index (Phi) is 3.79. The van der Waals surface area contributed by atoms with E-state index in [1.807, 2.05) is 12.1 Å². The van der Waals surface area contributed by atoms with Crippen molar-refractivity contribution in [3.8, 4) is 0 Å². The molecular formula is C15H20N4O2. The number of carboxylic acids is 1. The Hall–Kier alpha value is -2.08. The van der Waals surface area contributed by atoms with Crippen LogP contribution in [0.2, 0.25) is 0 Å². The standard InChI is InChI=1S/C15H20N4O2/c1-11(18-7-4-5-8-18)10-16-14-13(15(20)21)19-9-3-2-6-12(19)17-14/h2-3,6,9,11,16H,4-5,7-8,10H2,1H3,(H,20,21). The number of carbonyl (C=O) groups is 1. The fraction of sp³-hybridized carbons (Fsp3) is 0.467. The Bertz CT molecular complexity index is 646. The number of pyridine rings is 1. The summed E-state index contributed by atoms with van der Waals surface area (Å²) in [7, 11) is 0. The lowest BCUT2D eigenvalue weighted by molar-refractivity contribution is 0.0690. The molecule has 1 aliphatic rings. The fourth-order valence-corrected chi connectivity index (χ4v) is 2.88. The predicted octanol–water partition coefficient (Wildman–Crippen LogP) is 1.93. The van der Waals surface area contributed by atoms with Gasteiger partial charge < -0.3 is 10.4 Å². The summed E-state index contributed by atoms with van der Waals surface area (Å²) in [6, 6.07) is 5.84. The fourth-order valence-electron chi connectivity index (χ4n) is 2.88. The van der Waals surface area contributed by atoms with Gasteiger partial charge in [0.2, 0.25) is 0 Å². The van der Waals surface area contributed by atoms with E-state index in [9.17, 15) is 9.90 Å². The number of fused-ring (bicyclic) bond motifs is 1. The highest BCUT2D eigenvalue weighted by Crippen LogP contribution is 2.18. The van der Waals surface area contributed by atoms with Gasteiger partial charge in [0.25, 0.3) is 0 Å². The summed E-state index contributed by atoms with van der Waals surface area (Å²) < 4.78 is 1.60. The Morgan fingerprint density at radius 2 is 2.19 bits per heavy atom. The van der Waals surface area contributed by atoms with Crippen molar-refractivity contribution < 1.29 is 9.90 Å². The summed E-state index contributed by atoms with van der Waals surface area (Å²) in [5, 5.41) is 12.6. The number of anilines is 1. The molecule has 0 aliphatic carbocycles. The lowest BCUT2D eigenvalue weighted by Crippen LogP contribution is -2.35. The maximum absolute atomic E-state index is 11.5. The molecule has 2 aromatic rings. The van der Waals surface area contributed by atoms with Crippen molar-refractivity contribution in [1.29, 1.82) is 0 Å². The molecule has 1 fully saturated rings. The van der Waals surface area contributed by atoms with Gasteiger partial charge in [-0.25, -0.2) is 9.78 Å². The summed E-state index contributed by atoms with van der Waals surface area (Å²) in [6.07, 6.45) is 4.22. The second kappa shape index (κ2) is 5.73. The first kappa shape index (κ1) is 13.9. The molecule has 1 atom stereocenters. The molecule has 2 N–H and O–H groups in total. The summed E-state index contributed by atoms with van der Waals surface area (Å²) >= 11 is 0. The Morgan fingerprint density at radius 3 is 2.90 bits per heavy atom. The van der Waals surface area contributed by atoms with E-state index in [1.165, 1.54) is 12.8 Å². The third-order valence-electron chi connectivity index (χ3n) is 4.06. The van der Waals surface area contributed by atoms with Crippen molar-refractivity contribution in [2.24, 2.45) is 0 Å². The van der Waals surface area contributed by atoms with E-state index >= 15 is 0 Å². The second-order valence-electron chi connectivity index (χ2n) is 5.52. The number of nitrogens with one attached hydrogen (secondary N) is 1. The maximum atomic E-state index is 11.5. The van der Waals surface area contributed by atoms with Crippen LogP contribution in [-0.4, -0.2) is 51.0 Å². The first-order valence-corrected chi connectivity index (χ1v) is 7.35. The number of likely N-dealkylation sites (tertiary alicyclic amines) is 1. The van der Waals surface area contributed by atoms with Crippen LogP contribution in [0.4, 0.5) is 5.82 Å². The highest BCUT2D eigenvalue weighted by Gasteiger charge is 2.21. The monoisotopic (exact) mass is 288 g/mol. The molecular weight excluding hydrogens is 268 g/mol. The van der Waals surface area contributed by atoms with Crippen LogP contribution < -0.4 is 5.32 Å². The minimum absolute atomic E-state index is 0.194. The number of aromatic carboxylic acids is 1. The van der Waals surface area contributed by atoms with E-state index in [0.717, 1.165) is 13.1 Å². The third-order valence-corrected chi connectivity index (χ3v) is 4.06. The summed E-state index contributed by atoms with van der Waals surface area (Å²) in [5.41, 5.74) is 0.838. The van der Waals surface area contributed by atoms with Crippen LogP contribution >= 0.6 is 0 Å². The summed E-state index contributed by atoms with van der Waals surface area (Å²) in [6.45, 7) is 5.11. The largest absolute Gasteiger partial charge is 0.476 e. The molecule has 0 aromatic carbocycles. The molecule has 2 aromatic heterocycles. The van der Waals surface area contributed by atoms with E-state index in [4.69, 9.17) is 0 Å². The Labute approximate surface area is 123 Å². The zero-order valence-corrected chi connectivity index (χ0v) is 12.1. The molecule has 21 heavy (non-hydrogen) atoms. The molecule has 6 heteroatoms. The zero-order chi connectivity index (χ0) is 14.8.